The van der Waals surface area contributed by atoms with E-state index in [9.17, 15) is 14.9 Å². The summed E-state index contributed by atoms with van der Waals surface area (Å²) in [7, 11) is 0. The van der Waals surface area contributed by atoms with Gasteiger partial charge in [-0.3, -0.25) is 14.9 Å². The van der Waals surface area contributed by atoms with Crippen molar-refractivity contribution in [2.45, 2.75) is 19.3 Å². The topological polar surface area (TPSA) is 103 Å². The first-order valence-electron chi connectivity index (χ1n) is 9.79. The van der Waals surface area contributed by atoms with Crippen molar-refractivity contribution in [3.05, 3.63) is 81.5 Å². The van der Waals surface area contributed by atoms with Crippen LogP contribution in [0, 0.1) is 10.1 Å². The molecule has 2 heterocycles. The number of aryl methyl sites for hydroxylation is 1. The standard InChI is InChI=1S/C22H17N5O3S/c28-20(13-10-14-8-11-15(12-9-14)27(29)30)24-21-16-4-3-6-17(16)25-26(21)22-23-18-5-1-2-7-19(18)31-22/h1-2,5,7-13H,3-4,6H2,(H,24,28)/b13-10+. The number of para-hydroxylation sites is 1. The summed E-state index contributed by atoms with van der Waals surface area (Å²) >= 11 is 1.53. The van der Waals surface area contributed by atoms with Crippen molar-refractivity contribution in [1.82, 2.24) is 14.8 Å². The van der Waals surface area contributed by atoms with E-state index in [2.05, 4.69) is 10.3 Å². The van der Waals surface area contributed by atoms with Crippen LogP contribution in [0.25, 0.3) is 21.4 Å². The number of hydrogen-bond donors (Lipinski definition) is 1. The molecular formula is C22H17N5O3S. The number of nitrogens with zero attached hydrogens (tertiary/aromatic N) is 4. The van der Waals surface area contributed by atoms with Gasteiger partial charge in [0, 0.05) is 23.8 Å². The molecule has 0 aliphatic heterocycles. The van der Waals surface area contributed by atoms with Crippen LogP contribution in [0.5, 0.6) is 0 Å². The zero-order valence-electron chi connectivity index (χ0n) is 16.3. The van der Waals surface area contributed by atoms with E-state index in [4.69, 9.17) is 5.10 Å². The highest BCUT2D eigenvalue weighted by atomic mass is 32.1. The molecule has 1 amide bonds. The number of nitrogens with one attached hydrogen (secondary N) is 1. The Labute approximate surface area is 181 Å². The van der Waals surface area contributed by atoms with Crippen LogP contribution in [0.2, 0.25) is 0 Å². The Morgan fingerprint density at radius 1 is 1.16 bits per heavy atom. The minimum absolute atomic E-state index is 0.0110. The number of amides is 1. The summed E-state index contributed by atoms with van der Waals surface area (Å²) in [5.74, 6) is 0.361. The van der Waals surface area contributed by atoms with Crippen molar-refractivity contribution in [2.75, 3.05) is 5.32 Å². The van der Waals surface area contributed by atoms with Crippen LogP contribution in [0.15, 0.2) is 54.6 Å². The number of non-ortho nitro benzene ring substituents is 1. The minimum Gasteiger partial charge on any atom is -0.307 e. The molecule has 5 rings (SSSR count). The van der Waals surface area contributed by atoms with E-state index in [0.717, 1.165) is 40.7 Å². The maximum absolute atomic E-state index is 12.7. The molecule has 154 valence electrons. The van der Waals surface area contributed by atoms with Crippen molar-refractivity contribution in [3.63, 3.8) is 0 Å². The summed E-state index contributed by atoms with van der Waals surface area (Å²) < 4.78 is 2.79. The lowest BCUT2D eigenvalue weighted by molar-refractivity contribution is -0.384. The smallest absolute Gasteiger partial charge is 0.269 e. The average Bonchev–Trinajstić information content (AvgIpc) is 3.47. The van der Waals surface area contributed by atoms with Gasteiger partial charge in [0.05, 0.1) is 20.8 Å². The molecule has 2 aromatic carbocycles. The van der Waals surface area contributed by atoms with Gasteiger partial charge in [0.25, 0.3) is 5.69 Å². The average molecular weight is 431 g/mol. The maximum Gasteiger partial charge on any atom is 0.269 e. The molecule has 9 heteroatoms. The van der Waals surface area contributed by atoms with Gasteiger partial charge in [-0.2, -0.15) is 9.78 Å². The Hall–Kier alpha value is -3.85. The van der Waals surface area contributed by atoms with E-state index >= 15 is 0 Å². The van der Waals surface area contributed by atoms with Crippen LogP contribution < -0.4 is 5.32 Å². The van der Waals surface area contributed by atoms with Crippen molar-refractivity contribution in [2.24, 2.45) is 0 Å². The van der Waals surface area contributed by atoms with Crippen LogP contribution in [0.4, 0.5) is 11.5 Å². The Morgan fingerprint density at radius 2 is 1.97 bits per heavy atom. The molecule has 1 aliphatic rings. The summed E-state index contributed by atoms with van der Waals surface area (Å²) in [5, 5.41) is 19.2. The minimum atomic E-state index is -0.454. The molecule has 2 aromatic heterocycles. The van der Waals surface area contributed by atoms with Crippen LogP contribution in [-0.2, 0) is 17.6 Å². The molecule has 8 nitrogen and oxygen atoms in total. The first-order chi connectivity index (χ1) is 15.1. The first kappa shape index (κ1) is 19.1. The normalized spacial score (nSPS) is 13.0. The molecule has 0 saturated heterocycles. The number of benzene rings is 2. The van der Waals surface area contributed by atoms with Crippen LogP contribution in [0.1, 0.15) is 23.2 Å². The van der Waals surface area contributed by atoms with E-state index < -0.39 is 4.92 Å². The number of fused-ring (bicyclic) bond motifs is 2. The number of aromatic nitrogens is 3. The molecular weight excluding hydrogens is 414 g/mol. The van der Waals surface area contributed by atoms with Crippen molar-refractivity contribution in [3.8, 4) is 5.13 Å². The quantitative estimate of drug-likeness (QED) is 0.284. The predicted octanol–water partition coefficient (Wildman–Crippen LogP) is 4.53. The number of carbonyl (C=O) groups excluding carboxylic acids is 1. The molecule has 0 unspecified atom stereocenters. The molecule has 1 N–H and O–H groups in total. The second kappa shape index (κ2) is 7.77. The molecule has 0 spiro atoms. The highest BCUT2D eigenvalue weighted by molar-refractivity contribution is 7.20. The van der Waals surface area contributed by atoms with Gasteiger partial charge in [-0.15, -0.1) is 0 Å². The summed E-state index contributed by atoms with van der Waals surface area (Å²) in [4.78, 5) is 27.6. The zero-order valence-corrected chi connectivity index (χ0v) is 17.1. The van der Waals surface area contributed by atoms with E-state index in [1.807, 2.05) is 24.3 Å². The molecule has 0 radical (unpaired) electrons. The van der Waals surface area contributed by atoms with Gasteiger partial charge in [-0.05, 0) is 55.2 Å². The monoisotopic (exact) mass is 431 g/mol. The van der Waals surface area contributed by atoms with Crippen molar-refractivity contribution in [1.29, 1.82) is 0 Å². The highest BCUT2D eigenvalue weighted by Gasteiger charge is 2.25. The van der Waals surface area contributed by atoms with Crippen molar-refractivity contribution < 1.29 is 9.72 Å². The number of hydrogen-bond acceptors (Lipinski definition) is 6. The van der Waals surface area contributed by atoms with E-state index in [1.165, 1.54) is 29.5 Å². The Balaban J connectivity index is 1.42. The van der Waals surface area contributed by atoms with E-state index in [0.29, 0.717) is 16.5 Å². The fourth-order valence-electron chi connectivity index (χ4n) is 3.65. The Bertz CT molecular complexity index is 1300. The summed E-state index contributed by atoms with van der Waals surface area (Å²) in [6, 6.07) is 13.9. The summed E-state index contributed by atoms with van der Waals surface area (Å²) in [6.07, 6.45) is 5.80. The molecule has 0 bridgehead atoms. The van der Waals surface area contributed by atoms with Gasteiger partial charge >= 0.3 is 0 Å². The van der Waals surface area contributed by atoms with Crippen molar-refractivity contribution >= 4 is 45.0 Å². The first-order valence-corrected chi connectivity index (χ1v) is 10.6. The van der Waals surface area contributed by atoms with Gasteiger partial charge in [-0.25, -0.2) is 4.98 Å². The number of nitro benzene ring substituents is 1. The lowest BCUT2D eigenvalue weighted by atomic mass is 10.2. The zero-order chi connectivity index (χ0) is 21.4. The lowest BCUT2D eigenvalue weighted by Crippen LogP contribution is -2.13. The van der Waals surface area contributed by atoms with E-state index in [-0.39, 0.29) is 11.6 Å². The number of rotatable bonds is 5. The van der Waals surface area contributed by atoms with E-state index in [1.54, 1.807) is 22.9 Å². The van der Waals surface area contributed by atoms with Crippen LogP contribution in [-0.4, -0.2) is 25.6 Å². The SMILES string of the molecule is O=C(/C=C/c1ccc([N+](=O)[O-])cc1)Nc1c2c(nn1-c1nc3ccccc3s1)CCC2. The number of carbonyl (C=O) groups is 1. The fraction of sp³-hybridized carbons (Fsp3) is 0.136. The summed E-state index contributed by atoms with van der Waals surface area (Å²) in [6.45, 7) is 0. The van der Waals surface area contributed by atoms with Gasteiger partial charge in [0.15, 0.2) is 0 Å². The highest BCUT2D eigenvalue weighted by Crippen LogP contribution is 2.33. The lowest BCUT2D eigenvalue weighted by Gasteiger charge is -2.07. The Kier molecular flexibility index (Phi) is 4.79. The number of nitro groups is 1. The van der Waals surface area contributed by atoms with Crippen LogP contribution in [0.3, 0.4) is 0 Å². The van der Waals surface area contributed by atoms with Gasteiger partial charge in [0.2, 0.25) is 11.0 Å². The molecule has 0 saturated carbocycles. The van der Waals surface area contributed by atoms with Gasteiger partial charge in [0.1, 0.15) is 5.82 Å². The van der Waals surface area contributed by atoms with Crippen LogP contribution >= 0.6 is 11.3 Å². The second-order valence-electron chi connectivity index (χ2n) is 7.17. The molecule has 1 aliphatic carbocycles. The summed E-state index contributed by atoms with van der Waals surface area (Å²) in [5.41, 5.74) is 3.65. The third-order valence-corrected chi connectivity index (χ3v) is 6.16. The molecule has 31 heavy (non-hydrogen) atoms. The maximum atomic E-state index is 12.7. The number of anilines is 1. The van der Waals surface area contributed by atoms with Gasteiger partial charge in [-0.1, -0.05) is 23.5 Å². The second-order valence-corrected chi connectivity index (χ2v) is 8.18. The molecule has 0 atom stereocenters. The molecule has 0 fully saturated rings. The third kappa shape index (κ3) is 3.71. The predicted molar refractivity (Wildman–Crippen MR) is 120 cm³/mol. The Morgan fingerprint density at radius 3 is 2.74 bits per heavy atom. The number of thiazole rings is 1. The largest absolute Gasteiger partial charge is 0.307 e. The third-order valence-electron chi connectivity index (χ3n) is 5.14. The fourth-order valence-corrected chi connectivity index (χ4v) is 4.57. The molecule has 4 aromatic rings. The van der Waals surface area contributed by atoms with Gasteiger partial charge < -0.3 is 5.32 Å².